The van der Waals surface area contributed by atoms with E-state index in [1.165, 1.54) is 6.92 Å². The fraction of sp³-hybridized carbons (Fsp3) is 0.917. The maximum absolute atomic E-state index is 12.2. The fourth-order valence-corrected chi connectivity index (χ4v) is 4.52. The lowest BCUT2D eigenvalue weighted by Crippen LogP contribution is -2.34. The summed E-state index contributed by atoms with van der Waals surface area (Å²) in [7, 11) is -3.27. The minimum Gasteiger partial charge on any atom is -0.481 e. The second-order valence-corrected chi connectivity index (χ2v) is 7.70. The van der Waals surface area contributed by atoms with Gasteiger partial charge in [-0.15, -0.1) is 0 Å². The van der Waals surface area contributed by atoms with E-state index in [2.05, 4.69) is 6.92 Å². The van der Waals surface area contributed by atoms with Gasteiger partial charge in [0.15, 0.2) is 9.84 Å². The zero-order valence-corrected chi connectivity index (χ0v) is 11.4. The highest BCUT2D eigenvalue weighted by Crippen LogP contribution is 2.32. The molecule has 0 aromatic carbocycles. The van der Waals surface area contributed by atoms with Crippen LogP contribution in [0.15, 0.2) is 0 Å². The first-order chi connectivity index (χ1) is 7.87. The van der Waals surface area contributed by atoms with Crippen LogP contribution < -0.4 is 0 Å². The molecule has 1 atom stereocenters. The van der Waals surface area contributed by atoms with Gasteiger partial charge < -0.3 is 5.11 Å². The first kappa shape index (κ1) is 14.5. The minimum atomic E-state index is -3.27. The first-order valence-corrected chi connectivity index (χ1v) is 7.93. The Morgan fingerprint density at radius 3 is 2.24 bits per heavy atom. The Balaban J connectivity index is 2.62. The summed E-state index contributed by atoms with van der Waals surface area (Å²) in [6.07, 6.45) is 4.14. The molecule has 5 heteroatoms. The maximum Gasteiger partial charge on any atom is 0.304 e. The Bertz CT molecular complexity index is 353. The molecule has 0 bridgehead atoms. The van der Waals surface area contributed by atoms with E-state index < -0.39 is 21.1 Å². The quantitative estimate of drug-likeness (QED) is 0.824. The second kappa shape index (κ2) is 5.85. The lowest BCUT2D eigenvalue weighted by atomic mass is 9.87. The summed E-state index contributed by atoms with van der Waals surface area (Å²) in [5.41, 5.74) is 0. The van der Waals surface area contributed by atoms with E-state index in [9.17, 15) is 13.2 Å². The van der Waals surface area contributed by atoms with Crippen molar-refractivity contribution in [2.45, 2.75) is 62.9 Å². The van der Waals surface area contributed by atoms with Gasteiger partial charge in [0.1, 0.15) is 0 Å². The summed E-state index contributed by atoms with van der Waals surface area (Å²) in [5.74, 6) is -0.389. The molecule has 1 aliphatic carbocycles. The van der Waals surface area contributed by atoms with Crippen LogP contribution in [0.25, 0.3) is 0 Å². The summed E-state index contributed by atoms with van der Waals surface area (Å²) >= 11 is 0. The predicted molar refractivity (Wildman–Crippen MR) is 66.7 cm³/mol. The Hall–Kier alpha value is -0.580. The number of aliphatic carboxylic acids is 1. The standard InChI is InChI=1S/C12H22O4S/c1-3-10-4-6-11(7-5-10)17(15,16)9(2)8-12(13)14/h9-11H,3-8H2,1-2H3,(H,13,14). The summed E-state index contributed by atoms with van der Waals surface area (Å²) in [6, 6.07) is 0. The minimum absolute atomic E-state index is 0.282. The Labute approximate surface area is 103 Å². The van der Waals surface area contributed by atoms with Gasteiger partial charge >= 0.3 is 5.97 Å². The smallest absolute Gasteiger partial charge is 0.304 e. The van der Waals surface area contributed by atoms with E-state index in [0.717, 1.165) is 19.3 Å². The average molecular weight is 262 g/mol. The SMILES string of the molecule is CCC1CCC(S(=O)(=O)C(C)CC(=O)O)CC1. The van der Waals surface area contributed by atoms with Crippen LogP contribution in [0, 0.1) is 5.92 Å². The second-order valence-electron chi connectivity index (χ2n) is 5.05. The molecule has 1 N–H and O–H groups in total. The highest BCUT2D eigenvalue weighted by molar-refractivity contribution is 7.92. The highest BCUT2D eigenvalue weighted by Gasteiger charge is 2.34. The van der Waals surface area contributed by atoms with E-state index >= 15 is 0 Å². The summed E-state index contributed by atoms with van der Waals surface area (Å²) in [4.78, 5) is 10.6. The molecule has 1 fully saturated rings. The molecule has 0 aromatic rings. The van der Waals surface area contributed by atoms with E-state index in [4.69, 9.17) is 5.11 Å². The maximum atomic E-state index is 12.2. The molecule has 0 aromatic heterocycles. The predicted octanol–water partition coefficient (Wildman–Crippen LogP) is 2.23. The zero-order valence-electron chi connectivity index (χ0n) is 10.6. The molecule has 1 rings (SSSR count). The number of sulfone groups is 1. The van der Waals surface area contributed by atoms with Gasteiger partial charge in [0.2, 0.25) is 0 Å². The number of hydrogen-bond acceptors (Lipinski definition) is 3. The molecule has 1 aliphatic rings. The summed E-state index contributed by atoms with van der Waals surface area (Å²) < 4.78 is 24.3. The first-order valence-electron chi connectivity index (χ1n) is 6.32. The van der Waals surface area contributed by atoms with Crippen molar-refractivity contribution in [1.29, 1.82) is 0 Å². The van der Waals surface area contributed by atoms with E-state index in [0.29, 0.717) is 18.8 Å². The topological polar surface area (TPSA) is 71.4 Å². The average Bonchev–Trinajstić information content (AvgIpc) is 2.28. The summed E-state index contributed by atoms with van der Waals surface area (Å²) in [6.45, 7) is 3.64. The Morgan fingerprint density at radius 1 is 1.29 bits per heavy atom. The molecule has 0 amide bonds. The number of carboxylic acid groups (broad SMARTS) is 1. The molecular formula is C12H22O4S. The number of hydrogen-bond donors (Lipinski definition) is 1. The van der Waals surface area contributed by atoms with Crippen molar-refractivity contribution in [3.63, 3.8) is 0 Å². The van der Waals surface area contributed by atoms with Gasteiger partial charge in [0.05, 0.1) is 16.9 Å². The van der Waals surface area contributed by atoms with Gasteiger partial charge in [-0.25, -0.2) is 8.42 Å². The number of carboxylic acids is 1. The molecule has 4 nitrogen and oxygen atoms in total. The largest absolute Gasteiger partial charge is 0.481 e. The van der Waals surface area contributed by atoms with Crippen molar-refractivity contribution in [2.24, 2.45) is 5.92 Å². The molecule has 1 saturated carbocycles. The van der Waals surface area contributed by atoms with Crippen LogP contribution in [0.3, 0.4) is 0 Å². The molecule has 0 saturated heterocycles. The van der Waals surface area contributed by atoms with Crippen molar-refractivity contribution >= 4 is 15.8 Å². The van der Waals surface area contributed by atoms with Gasteiger partial charge in [-0.05, 0) is 38.5 Å². The van der Waals surface area contributed by atoms with E-state index in [1.54, 1.807) is 0 Å². The van der Waals surface area contributed by atoms with Gasteiger partial charge in [0.25, 0.3) is 0 Å². The third-order valence-corrected chi connectivity index (χ3v) is 6.55. The summed E-state index contributed by atoms with van der Waals surface area (Å²) in [5, 5.41) is 7.58. The molecule has 0 spiro atoms. The van der Waals surface area contributed by atoms with Crippen LogP contribution in [0.4, 0.5) is 0 Å². The third kappa shape index (κ3) is 3.69. The molecule has 1 unspecified atom stereocenters. The van der Waals surface area contributed by atoms with E-state index in [1.807, 2.05) is 0 Å². The Kier molecular flexibility index (Phi) is 4.98. The van der Waals surface area contributed by atoms with Crippen LogP contribution in [-0.2, 0) is 14.6 Å². The van der Waals surface area contributed by atoms with Crippen LogP contribution in [0.2, 0.25) is 0 Å². The van der Waals surface area contributed by atoms with Crippen LogP contribution in [0.1, 0.15) is 52.4 Å². The van der Waals surface area contributed by atoms with Crippen molar-refractivity contribution in [1.82, 2.24) is 0 Å². The Morgan fingerprint density at radius 2 is 1.82 bits per heavy atom. The zero-order chi connectivity index (χ0) is 13.1. The van der Waals surface area contributed by atoms with Crippen molar-refractivity contribution in [3.8, 4) is 0 Å². The van der Waals surface area contributed by atoms with Crippen LogP contribution in [0.5, 0.6) is 0 Å². The highest BCUT2D eigenvalue weighted by atomic mass is 32.2. The lowest BCUT2D eigenvalue weighted by molar-refractivity contribution is -0.136. The van der Waals surface area contributed by atoms with Gasteiger partial charge in [-0.1, -0.05) is 13.3 Å². The number of carbonyl (C=O) groups is 1. The van der Waals surface area contributed by atoms with Crippen molar-refractivity contribution in [2.75, 3.05) is 0 Å². The fourth-order valence-electron chi connectivity index (χ4n) is 2.56. The molecule has 17 heavy (non-hydrogen) atoms. The molecule has 0 radical (unpaired) electrons. The van der Waals surface area contributed by atoms with Gasteiger partial charge in [-0.2, -0.15) is 0 Å². The van der Waals surface area contributed by atoms with Crippen LogP contribution >= 0.6 is 0 Å². The number of rotatable bonds is 5. The lowest BCUT2D eigenvalue weighted by Gasteiger charge is -2.29. The molecule has 0 aliphatic heterocycles. The van der Waals surface area contributed by atoms with Gasteiger partial charge in [-0.3, -0.25) is 4.79 Å². The molecule has 0 heterocycles. The van der Waals surface area contributed by atoms with Crippen molar-refractivity contribution < 1.29 is 18.3 Å². The van der Waals surface area contributed by atoms with Crippen molar-refractivity contribution in [3.05, 3.63) is 0 Å². The normalized spacial score (nSPS) is 27.6. The van der Waals surface area contributed by atoms with Gasteiger partial charge in [0, 0.05) is 0 Å². The molecular weight excluding hydrogens is 240 g/mol. The monoisotopic (exact) mass is 262 g/mol. The third-order valence-electron chi connectivity index (χ3n) is 3.86. The van der Waals surface area contributed by atoms with Crippen LogP contribution in [-0.4, -0.2) is 30.0 Å². The molecule has 100 valence electrons. The van der Waals surface area contributed by atoms with E-state index in [-0.39, 0.29) is 11.7 Å².